The average molecular weight is 234 g/mol. The van der Waals surface area contributed by atoms with Crippen LogP contribution in [0.3, 0.4) is 0 Å². The van der Waals surface area contributed by atoms with Gasteiger partial charge in [-0.15, -0.1) is 0 Å². The van der Waals surface area contributed by atoms with Crippen LogP contribution in [0, 0.1) is 0 Å². The van der Waals surface area contributed by atoms with Gasteiger partial charge in [-0.05, 0) is 24.1 Å². The molecule has 90 valence electrons. The van der Waals surface area contributed by atoms with E-state index < -0.39 is 12.3 Å². The van der Waals surface area contributed by atoms with Gasteiger partial charge in [-0.3, -0.25) is 4.79 Å². The monoisotopic (exact) mass is 234 g/mol. The lowest BCUT2D eigenvalue weighted by molar-refractivity contribution is -0.104. The zero-order valence-corrected chi connectivity index (χ0v) is 9.75. The summed E-state index contributed by atoms with van der Waals surface area (Å²) in [6.45, 7) is 1.64. The van der Waals surface area contributed by atoms with E-state index in [2.05, 4.69) is 4.74 Å². The molecule has 0 aromatic heterocycles. The Morgan fingerprint density at radius 2 is 1.94 bits per heavy atom. The summed E-state index contributed by atoms with van der Waals surface area (Å²) in [6, 6.07) is 9.12. The molecule has 0 amide bonds. The second kappa shape index (κ2) is 6.48. The summed E-state index contributed by atoms with van der Waals surface area (Å²) in [5.41, 5.74) is 1.27. The first kappa shape index (κ1) is 13.0. The minimum absolute atomic E-state index is 0.489. The number of methoxy groups -OCH3 is 1. The van der Waals surface area contributed by atoms with Crippen LogP contribution in [0.2, 0.25) is 0 Å². The normalized spacial score (nSPS) is 12.7. The number of carbonyl (C=O) groups is 2. The van der Waals surface area contributed by atoms with Crippen LogP contribution >= 0.6 is 0 Å². The van der Waals surface area contributed by atoms with Gasteiger partial charge in [-0.25, -0.2) is 4.79 Å². The summed E-state index contributed by atoms with van der Waals surface area (Å²) in [4.78, 5) is 21.7. The van der Waals surface area contributed by atoms with Crippen LogP contribution in [0.1, 0.15) is 18.6 Å². The summed E-state index contributed by atoms with van der Waals surface area (Å²) in [6.07, 6.45) is 0.873. The van der Waals surface area contributed by atoms with E-state index >= 15 is 0 Å². The largest absolute Gasteiger partial charge is 0.508 e. The van der Waals surface area contributed by atoms with Crippen LogP contribution in [-0.2, 0) is 14.3 Å². The van der Waals surface area contributed by atoms with Crippen molar-refractivity contribution in [1.82, 2.24) is 0 Å². The molecule has 0 heterocycles. The van der Waals surface area contributed by atoms with Crippen molar-refractivity contribution in [2.75, 3.05) is 7.11 Å². The van der Waals surface area contributed by atoms with Gasteiger partial charge in [-0.2, -0.15) is 0 Å². The number of hydrogen-bond acceptors (Lipinski definition) is 4. The first-order valence-electron chi connectivity index (χ1n) is 5.10. The summed E-state index contributed by atoms with van der Waals surface area (Å²) >= 11 is 0. The van der Waals surface area contributed by atoms with E-state index in [-0.39, 0.29) is 0 Å². The zero-order valence-electron chi connectivity index (χ0n) is 9.75. The van der Waals surface area contributed by atoms with Crippen LogP contribution in [0.25, 0.3) is 0 Å². The molecule has 1 atom stereocenters. The number of hydrogen-bond donors (Lipinski definition) is 0. The molecule has 0 bridgehead atoms. The van der Waals surface area contributed by atoms with Gasteiger partial charge in [0.1, 0.15) is 12.4 Å². The van der Waals surface area contributed by atoms with Crippen molar-refractivity contribution in [2.24, 2.45) is 0 Å². The number of ether oxygens (including phenoxy) is 2. The van der Waals surface area contributed by atoms with Crippen LogP contribution in [0.4, 0.5) is 4.79 Å². The second-order valence-corrected chi connectivity index (χ2v) is 3.43. The minimum Gasteiger partial charge on any atom is -0.438 e. The highest BCUT2D eigenvalue weighted by Gasteiger charge is 2.14. The standard InChI is InChI=1S/C13H14O4/c1-10(9-14)8-12(17-13(15)16-2)11-6-4-3-5-7-11/h3-9,12H,1-2H3/b10-8+. The molecular weight excluding hydrogens is 220 g/mol. The molecule has 0 saturated carbocycles. The third-order valence-electron chi connectivity index (χ3n) is 2.12. The SMILES string of the molecule is COC(=O)OC(/C=C(\C)C=O)c1ccccc1. The van der Waals surface area contributed by atoms with E-state index in [1.807, 2.05) is 30.3 Å². The highest BCUT2D eigenvalue weighted by atomic mass is 16.7. The Morgan fingerprint density at radius 3 is 2.47 bits per heavy atom. The van der Waals surface area contributed by atoms with Gasteiger partial charge in [0.2, 0.25) is 0 Å². The van der Waals surface area contributed by atoms with E-state index in [0.29, 0.717) is 11.9 Å². The van der Waals surface area contributed by atoms with Gasteiger partial charge in [0.15, 0.2) is 0 Å². The maximum atomic E-state index is 11.1. The van der Waals surface area contributed by atoms with Gasteiger partial charge < -0.3 is 9.47 Å². The molecule has 0 aliphatic heterocycles. The number of rotatable bonds is 4. The topological polar surface area (TPSA) is 52.6 Å². The second-order valence-electron chi connectivity index (χ2n) is 3.43. The zero-order chi connectivity index (χ0) is 12.7. The van der Waals surface area contributed by atoms with Crippen molar-refractivity contribution < 1.29 is 19.1 Å². The van der Waals surface area contributed by atoms with Gasteiger partial charge >= 0.3 is 6.16 Å². The van der Waals surface area contributed by atoms with Crippen molar-refractivity contribution in [1.29, 1.82) is 0 Å². The Labute approximate surface area is 99.8 Å². The summed E-state index contributed by atoms with van der Waals surface area (Å²) in [7, 11) is 1.24. The molecule has 0 N–H and O–H groups in total. The Kier molecular flexibility index (Phi) is 4.94. The third-order valence-corrected chi connectivity index (χ3v) is 2.12. The molecule has 0 aliphatic rings. The van der Waals surface area contributed by atoms with Gasteiger partial charge in [-0.1, -0.05) is 30.3 Å². The van der Waals surface area contributed by atoms with E-state index in [4.69, 9.17) is 4.74 Å². The summed E-state index contributed by atoms with van der Waals surface area (Å²) in [5.74, 6) is 0. The minimum atomic E-state index is -0.784. The summed E-state index contributed by atoms with van der Waals surface area (Å²) in [5, 5.41) is 0. The first-order valence-corrected chi connectivity index (χ1v) is 5.10. The van der Waals surface area contributed by atoms with E-state index in [1.54, 1.807) is 13.0 Å². The number of allylic oxidation sites excluding steroid dienone is 1. The fraction of sp³-hybridized carbons (Fsp3) is 0.231. The number of carbonyl (C=O) groups excluding carboxylic acids is 2. The number of aldehydes is 1. The molecule has 0 fully saturated rings. The van der Waals surface area contributed by atoms with Gasteiger partial charge in [0.25, 0.3) is 0 Å². The van der Waals surface area contributed by atoms with Crippen molar-refractivity contribution in [3.8, 4) is 0 Å². The van der Waals surface area contributed by atoms with Gasteiger partial charge in [0, 0.05) is 0 Å². The highest BCUT2D eigenvalue weighted by Crippen LogP contribution is 2.20. The predicted molar refractivity (Wildman–Crippen MR) is 62.5 cm³/mol. The van der Waals surface area contributed by atoms with E-state index in [9.17, 15) is 9.59 Å². The lowest BCUT2D eigenvalue weighted by atomic mass is 10.1. The van der Waals surface area contributed by atoms with Crippen LogP contribution < -0.4 is 0 Å². The Morgan fingerprint density at radius 1 is 1.29 bits per heavy atom. The fourth-order valence-corrected chi connectivity index (χ4v) is 1.27. The molecule has 17 heavy (non-hydrogen) atoms. The Bertz CT molecular complexity index is 409. The molecule has 0 saturated heterocycles. The lowest BCUT2D eigenvalue weighted by Gasteiger charge is -2.14. The van der Waals surface area contributed by atoms with Crippen molar-refractivity contribution in [2.45, 2.75) is 13.0 Å². The van der Waals surface area contributed by atoms with Crippen LogP contribution in [-0.4, -0.2) is 19.6 Å². The molecule has 0 radical (unpaired) electrons. The average Bonchev–Trinajstić information content (AvgIpc) is 2.38. The third kappa shape index (κ3) is 4.10. The smallest absolute Gasteiger partial charge is 0.438 e. The summed E-state index contributed by atoms with van der Waals surface area (Å²) < 4.78 is 9.50. The quantitative estimate of drug-likeness (QED) is 0.456. The molecule has 1 aromatic rings. The van der Waals surface area contributed by atoms with E-state index in [0.717, 1.165) is 5.56 Å². The van der Waals surface area contributed by atoms with Crippen molar-refractivity contribution >= 4 is 12.4 Å². The molecule has 0 aliphatic carbocycles. The molecule has 4 nitrogen and oxygen atoms in total. The molecule has 4 heteroatoms. The van der Waals surface area contributed by atoms with Crippen molar-refractivity contribution in [3.63, 3.8) is 0 Å². The molecule has 1 rings (SSSR count). The van der Waals surface area contributed by atoms with Crippen molar-refractivity contribution in [3.05, 3.63) is 47.5 Å². The highest BCUT2D eigenvalue weighted by molar-refractivity contribution is 5.72. The molecule has 1 aromatic carbocycles. The van der Waals surface area contributed by atoms with Crippen LogP contribution in [0.15, 0.2) is 42.0 Å². The Balaban J connectivity index is 2.94. The van der Waals surface area contributed by atoms with Crippen LogP contribution in [0.5, 0.6) is 0 Å². The maximum absolute atomic E-state index is 11.1. The number of benzene rings is 1. The predicted octanol–water partition coefficient (Wildman–Crippen LogP) is 2.66. The molecular formula is C13H14O4. The molecule has 1 unspecified atom stereocenters. The van der Waals surface area contributed by atoms with Gasteiger partial charge in [0.05, 0.1) is 7.11 Å². The van der Waals surface area contributed by atoms with E-state index in [1.165, 1.54) is 7.11 Å². The maximum Gasteiger partial charge on any atom is 0.508 e. The first-order chi connectivity index (χ1) is 8.17. The lowest BCUT2D eigenvalue weighted by Crippen LogP contribution is -2.10. The Hall–Kier alpha value is -2.10. The molecule has 0 spiro atoms. The fourth-order valence-electron chi connectivity index (χ4n) is 1.27.